The zero-order valence-corrected chi connectivity index (χ0v) is 13.3. The molecule has 2 atom stereocenters. The molecule has 2 aliphatic rings. The molecule has 20 heavy (non-hydrogen) atoms. The Balaban J connectivity index is 1.72. The van der Waals surface area contributed by atoms with Gasteiger partial charge in [-0.05, 0) is 62.2 Å². The van der Waals surface area contributed by atoms with Crippen LogP contribution in [0.15, 0.2) is 29.2 Å². The molecule has 2 unspecified atom stereocenters. The number of piperidine rings is 1. The third kappa shape index (κ3) is 3.21. The molecule has 0 radical (unpaired) electrons. The van der Waals surface area contributed by atoms with Gasteiger partial charge >= 0.3 is 0 Å². The average molecular weight is 290 g/mol. The number of benzene rings is 1. The highest BCUT2D eigenvalue weighted by Crippen LogP contribution is 2.39. The minimum atomic E-state index is 0.638. The molecule has 0 amide bonds. The van der Waals surface area contributed by atoms with E-state index in [4.69, 9.17) is 0 Å². The van der Waals surface area contributed by atoms with E-state index in [9.17, 15) is 0 Å². The quantitative estimate of drug-likeness (QED) is 0.913. The summed E-state index contributed by atoms with van der Waals surface area (Å²) in [7, 11) is 0. The standard InChI is InChI=1S/C17H26N2S/c1-2-19(13-14-6-5-10-18-12-14)16-9-11-20-17-8-4-3-7-15(16)17/h3-4,7-8,14,16,18H,2,5-6,9-13H2,1H3. The van der Waals surface area contributed by atoms with Crippen LogP contribution in [-0.4, -0.2) is 36.8 Å². The van der Waals surface area contributed by atoms with Crippen LogP contribution in [0.2, 0.25) is 0 Å². The fourth-order valence-corrected chi connectivity index (χ4v) is 4.70. The molecule has 1 saturated heterocycles. The first-order chi connectivity index (χ1) is 9.88. The summed E-state index contributed by atoms with van der Waals surface area (Å²) in [4.78, 5) is 4.22. The van der Waals surface area contributed by atoms with E-state index in [0.717, 1.165) is 5.92 Å². The van der Waals surface area contributed by atoms with Crippen LogP contribution in [0.1, 0.15) is 37.8 Å². The molecule has 3 heteroatoms. The Labute approximate surface area is 127 Å². The summed E-state index contributed by atoms with van der Waals surface area (Å²) in [6, 6.07) is 9.65. The minimum absolute atomic E-state index is 0.638. The zero-order valence-electron chi connectivity index (χ0n) is 12.5. The van der Waals surface area contributed by atoms with Gasteiger partial charge in [-0.1, -0.05) is 25.1 Å². The van der Waals surface area contributed by atoms with E-state index in [-0.39, 0.29) is 0 Å². The molecule has 0 saturated carbocycles. The van der Waals surface area contributed by atoms with E-state index >= 15 is 0 Å². The van der Waals surface area contributed by atoms with Crippen molar-refractivity contribution in [3.63, 3.8) is 0 Å². The van der Waals surface area contributed by atoms with Crippen LogP contribution in [0.4, 0.5) is 0 Å². The first-order valence-corrected chi connectivity index (χ1v) is 9.03. The van der Waals surface area contributed by atoms with E-state index < -0.39 is 0 Å². The molecule has 2 heterocycles. The maximum atomic E-state index is 3.56. The predicted molar refractivity (Wildman–Crippen MR) is 87.4 cm³/mol. The lowest BCUT2D eigenvalue weighted by Crippen LogP contribution is -2.40. The Hall–Kier alpha value is -0.510. The first kappa shape index (κ1) is 14.4. The van der Waals surface area contributed by atoms with Crippen molar-refractivity contribution in [3.8, 4) is 0 Å². The fourth-order valence-electron chi connectivity index (χ4n) is 3.59. The minimum Gasteiger partial charge on any atom is -0.316 e. The number of thioether (sulfide) groups is 1. The Morgan fingerprint density at radius 2 is 2.20 bits per heavy atom. The van der Waals surface area contributed by atoms with Crippen LogP contribution in [0.3, 0.4) is 0 Å². The van der Waals surface area contributed by atoms with E-state index in [1.165, 1.54) is 56.1 Å². The van der Waals surface area contributed by atoms with Crippen molar-refractivity contribution >= 4 is 11.8 Å². The highest BCUT2D eigenvalue weighted by Gasteiger charge is 2.27. The highest BCUT2D eigenvalue weighted by molar-refractivity contribution is 7.99. The summed E-state index contributed by atoms with van der Waals surface area (Å²) in [6.07, 6.45) is 4.04. The van der Waals surface area contributed by atoms with E-state index in [1.807, 2.05) is 11.8 Å². The summed E-state index contributed by atoms with van der Waals surface area (Å²) < 4.78 is 0. The molecule has 1 fully saturated rings. The summed E-state index contributed by atoms with van der Waals surface area (Å²) in [5.41, 5.74) is 1.56. The Morgan fingerprint density at radius 3 is 3.00 bits per heavy atom. The number of hydrogen-bond donors (Lipinski definition) is 1. The Morgan fingerprint density at radius 1 is 1.30 bits per heavy atom. The molecular weight excluding hydrogens is 264 g/mol. The number of rotatable bonds is 4. The summed E-state index contributed by atoms with van der Waals surface area (Å²) in [5.74, 6) is 2.10. The maximum absolute atomic E-state index is 3.56. The van der Waals surface area contributed by atoms with Gasteiger partial charge in [0.15, 0.2) is 0 Å². The summed E-state index contributed by atoms with van der Waals surface area (Å²) in [6.45, 7) is 7.17. The molecule has 0 aliphatic carbocycles. The van der Waals surface area contributed by atoms with E-state index in [0.29, 0.717) is 6.04 Å². The number of nitrogens with zero attached hydrogens (tertiary/aromatic N) is 1. The van der Waals surface area contributed by atoms with E-state index in [1.54, 1.807) is 5.56 Å². The molecular formula is C17H26N2S. The van der Waals surface area contributed by atoms with Gasteiger partial charge in [0.25, 0.3) is 0 Å². The largest absolute Gasteiger partial charge is 0.316 e. The lowest BCUT2D eigenvalue weighted by Gasteiger charge is -2.38. The van der Waals surface area contributed by atoms with Crippen LogP contribution in [0.25, 0.3) is 0 Å². The monoisotopic (exact) mass is 290 g/mol. The second-order valence-electron chi connectivity index (χ2n) is 5.99. The smallest absolute Gasteiger partial charge is 0.0367 e. The molecule has 2 nitrogen and oxygen atoms in total. The fraction of sp³-hybridized carbons (Fsp3) is 0.647. The maximum Gasteiger partial charge on any atom is 0.0367 e. The van der Waals surface area contributed by atoms with Crippen molar-refractivity contribution in [3.05, 3.63) is 29.8 Å². The van der Waals surface area contributed by atoms with Gasteiger partial charge in [-0.25, -0.2) is 0 Å². The van der Waals surface area contributed by atoms with Gasteiger partial charge in [0, 0.05) is 17.5 Å². The average Bonchev–Trinajstić information content (AvgIpc) is 2.53. The van der Waals surface area contributed by atoms with Crippen LogP contribution in [0, 0.1) is 5.92 Å². The second-order valence-corrected chi connectivity index (χ2v) is 7.13. The third-order valence-corrected chi connectivity index (χ3v) is 5.79. The summed E-state index contributed by atoms with van der Waals surface area (Å²) in [5, 5.41) is 3.56. The zero-order chi connectivity index (χ0) is 13.8. The van der Waals surface area contributed by atoms with Gasteiger partial charge in [-0.15, -0.1) is 11.8 Å². The molecule has 1 N–H and O–H groups in total. The Bertz CT molecular complexity index is 429. The molecule has 1 aromatic carbocycles. The van der Waals surface area contributed by atoms with Gasteiger partial charge in [0.1, 0.15) is 0 Å². The molecule has 110 valence electrons. The number of hydrogen-bond acceptors (Lipinski definition) is 3. The summed E-state index contributed by atoms with van der Waals surface area (Å²) >= 11 is 2.03. The van der Waals surface area contributed by atoms with Gasteiger partial charge in [0.2, 0.25) is 0 Å². The topological polar surface area (TPSA) is 15.3 Å². The van der Waals surface area contributed by atoms with Crippen molar-refractivity contribution in [2.45, 2.75) is 37.1 Å². The van der Waals surface area contributed by atoms with Crippen molar-refractivity contribution in [1.82, 2.24) is 10.2 Å². The SMILES string of the molecule is CCN(CC1CCCNC1)C1CCSc2ccccc21. The third-order valence-electron chi connectivity index (χ3n) is 4.67. The normalized spacial score (nSPS) is 26.5. The lowest BCUT2D eigenvalue weighted by atomic mass is 9.96. The second kappa shape index (κ2) is 6.97. The molecule has 3 rings (SSSR count). The highest BCUT2D eigenvalue weighted by atomic mass is 32.2. The first-order valence-electron chi connectivity index (χ1n) is 8.05. The van der Waals surface area contributed by atoms with Gasteiger partial charge in [0.05, 0.1) is 0 Å². The number of nitrogens with one attached hydrogen (secondary N) is 1. The molecule has 1 aromatic rings. The molecule has 2 aliphatic heterocycles. The van der Waals surface area contributed by atoms with Gasteiger partial charge in [-0.3, -0.25) is 4.90 Å². The Kier molecular flexibility index (Phi) is 5.03. The number of fused-ring (bicyclic) bond motifs is 1. The van der Waals surface area contributed by atoms with Crippen molar-refractivity contribution in [2.75, 3.05) is 31.9 Å². The van der Waals surface area contributed by atoms with Gasteiger partial charge in [-0.2, -0.15) is 0 Å². The van der Waals surface area contributed by atoms with Crippen LogP contribution in [0.5, 0.6) is 0 Å². The molecule has 0 aromatic heterocycles. The van der Waals surface area contributed by atoms with Crippen molar-refractivity contribution < 1.29 is 0 Å². The van der Waals surface area contributed by atoms with Crippen molar-refractivity contribution in [1.29, 1.82) is 0 Å². The lowest BCUT2D eigenvalue weighted by molar-refractivity contribution is 0.155. The predicted octanol–water partition coefficient (Wildman–Crippen LogP) is 3.55. The van der Waals surface area contributed by atoms with Crippen molar-refractivity contribution in [2.24, 2.45) is 5.92 Å². The van der Waals surface area contributed by atoms with Crippen LogP contribution in [-0.2, 0) is 0 Å². The van der Waals surface area contributed by atoms with E-state index in [2.05, 4.69) is 41.4 Å². The molecule has 0 spiro atoms. The van der Waals surface area contributed by atoms with Crippen LogP contribution >= 0.6 is 11.8 Å². The van der Waals surface area contributed by atoms with Crippen LogP contribution < -0.4 is 5.32 Å². The van der Waals surface area contributed by atoms with Gasteiger partial charge < -0.3 is 5.32 Å². The molecule has 0 bridgehead atoms.